The molecule has 0 aliphatic rings. The SMILES string of the molecule is N=C(NCCCCc1ccc(CCCN(CCCc2ccccc2)CC(O)C(O)C(O)C(O)CO)cc1)NC(=O)c1nc(Cl)c(N)nc1N. The first-order chi connectivity index (χ1) is 23.5. The van der Waals surface area contributed by atoms with Crippen molar-refractivity contribution in [3.05, 3.63) is 82.1 Å². The van der Waals surface area contributed by atoms with Crippen LogP contribution in [0.5, 0.6) is 0 Å². The highest BCUT2D eigenvalue weighted by Crippen LogP contribution is 2.17. The molecule has 0 radical (unpaired) electrons. The fourth-order valence-corrected chi connectivity index (χ4v) is 5.38. The molecular formula is C34H49ClN8O6. The van der Waals surface area contributed by atoms with Crippen molar-refractivity contribution in [3.63, 3.8) is 0 Å². The van der Waals surface area contributed by atoms with Crippen LogP contribution in [0.2, 0.25) is 5.15 Å². The summed E-state index contributed by atoms with van der Waals surface area (Å²) in [6, 6.07) is 18.5. The first-order valence-electron chi connectivity index (χ1n) is 16.4. The van der Waals surface area contributed by atoms with Gasteiger partial charge in [-0.3, -0.25) is 15.5 Å². The highest BCUT2D eigenvalue weighted by Gasteiger charge is 2.31. The molecule has 0 aliphatic carbocycles. The number of aromatic nitrogens is 2. The number of carbonyl (C=O) groups excluding carboxylic acids is 1. The third-order valence-electron chi connectivity index (χ3n) is 8.07. The number of amides is 1. The Balaban J connectivity index is 1.39. The molecule has 15 heteroatoms. The van der Waals surface area contributed by atoms with Gasteiger partial charge in [0.15, 0.2) is 28.4 Å². The van der Waals surface area contributed by atoms with Gasteiger partial charge < -0.3 is 47.2 Å². The van der Waals surface area contributed by atoms with E-state index in [0.29, 0.717) is 19.6 Å². The summed E-state index contributed by atoms with van der Waals surface area (Å²) in [5, 5.41) is 62.8. The normalized spacial score (nSPS) is 13.9. The second-order valence-electron chi connectivity index (χ2n) is 12.0. The lowest BCUT2D eigenvalue weighted by atomic mass is 10.0. The summed E-state index contributed by atoms with van der Waals surface area (Å²) in [6.07, 6.45) is -0.247. The summed E-state index contributed by atoms with van der Waals surface area (Å²) in [7, 11) is 0. The number of nitrogens with two attached hydrogens (primary N) is 2. The van der Waals surface area contributed by atoms with E-state index in [1.54, 1.807) is 0 Å². The number of halogens is 1. The number of unbranched alkanes of at least 4 members (excludes halogenated alkanes) is 1. The number of aryl methyl sites for hydroxylation is 3. The lowest BCUT2D eigenvalue weighted by Gasteiger charge is -2.30. The first-order valence-corrected chi connectivity index (χ1v) is 16.8. The molecule has 4 atom stereocenters. The van der Waals surface area contributed by atoms with Crippen molar-refractivity contribution in [1.29, 1.82) is 5.41 Å². The number of rotatable bonds is 20. The Morgan fingerprint density at radius 3 is 1.94 bits per heavy atom. The lowest BCUT2D eigenvalue weighted by Crippen LogP contribution is -2.50. The number of nitrogens with one attached hydrogen (secondary N) is 3. The van der Waals surface area contributed by atoms with Crippen LogP contribution in [-0.4, -0.2) is 109 Å². The van der Waals surface area contributed by atoms with Crippen LogP contribution < -0.4 is 22.1 Å². The predicted molar refractivity (Wildman–Crippen MR) is 189 cm³/mol. The molecule has 0 saturated heterocycles. The second kappa shape index (κ2) is 20.6. The van der Waals surface area contributed by atoms with Gasteiger partial charge in [0.25, 0.3) is 5.91 Å². The summed E-state index contributed by atoms with van der Waals surface area (Å²) in [6.45, 7) is 1.22. The van der Waals surface area contributed by atoms with Crippen molar-refractivity contribution < 1.29 is 30.3 Å². The van der Waals surface area contributed by atoms with Gasteiger partial charge in [-0.1, -0.05) is 66.2 Å². The van der Waals surface area contributed by atoms with E-state index in [0.717, 1.165) is 44.9 Å². The number of anilines is 2. The number of nitrogen functional groups attached to an aromatic ring is 2. The zero-order chi connectivity index (χ0) is 35.8. The van der Waals surface area contributed by atoms with Gasteiger partial charge in [-0.15, -0.1) is 0 Å². The molecule has 12 N–H and O–H groups in total. The maximum atomic E-state index is 12.3. The van der Waals surface area contributed by atoms with E-state index in [1.807, 2.05) is 18.2 Å². The van der Waals surface area contributed by atoms with Crippen molar-refractivity contribution in [1.82, 2.24) is 25.5 Å². The third kappa shape index (κ3) is 13.5. The number of hydrogen-bond donors (Lipinski definition) is 10. The molecule has 1 heterocycles. The highest BCUT2D eigenvalue weighted by atomic mass is 35.5. The van der Waals surface area contributed by atoms with Crippen LogP contribution in [0.4, 0.5) is 11.6 Å². The molecule has 0 fully saturated rings. The number of hydrogen-bond acceptors (Lipinski definition) is 12. The van der Waals surface area contributed by atoms with Gasteiger partial charge in [-0.2, -0.15) is 0 Å². The van der Waals surface area contributed by atoms with Crippen LogP contribution in [0.25, 0.3) is 0 Å². The Labute approximate surface area is 291 Å². The molecule has 3 aromatic rings. The maximum absolute atomic E-state index is 12.3. The average Bonchev–Trinajstić information content (AvgIpc) is 3.09. The molecule has 49 heavy (non-hydrogen) atoms. The molecule has 0 bridgehead atoms. The zero-order valence-corrected chi connectivity index (χ0v) is 28.3. The molecule has 1 amide bonds. The molecular weight excluding hydrogens is 652 g/mol. The van der Waals surface area contributed by atoms with E-state index < -0.39 is 36.9 Å². The van der Waals surface area contributed by atoms with Crippen molar-refractivity contribution in [2.24, 2.45) is 0 Å². The van der Waals surface area contributed by atoms with Gasteiger partial charge in [0.2, 0.25) is 0 Å². The topological polar surface area (TPSA) is 247 Å². The molecule has 0 saturated carbocycles. The van der Waals surface area contributed by atoms with Crippen LogP contribution >= 0.6 is 11.6 Å². The second-order valence-corrected chi connectivity index (χ2v) is 12.3. The van der Waals surface area contributed by atoms with Crippen LogP contribution in [0, 0.1) is 5.41 Å². The summed E-state index contributed by atoms with van der Waals surface area (Å²) in [4.78, 5) is 22.0. The van der Waals surface area contributed by atoms with Crippen LogP contribution in [0.15, 0.2) is 54.6 Å². The largest absolute Gasteiger partial charge is 0.394 e. The Hall–Kier alpha value is -3.89. The number of aliphatic hydroxyl groups excluding tert-OH is 5. The minimum absolute atomic E-state index is 0.0848. The highest BCUT2D eigenvalue weighted by molar-refractivity contribution is 6.31. The van der Waals surface area contributed by atoms with E-state index in [4.69, 9.17) is 33.6 Å². The van der Waals surface area contributed by atoms with Gasteiger partial charge in [0, 0.05) is 13.1 Å². The van der Waals surface area contributed by atoms with E-state index in [-0.39, 0.29) is 35.0 Å². The van der Waals surface area contributed by atoms with Gasteiger partial charge in [0.05, 0.1) is 12.7 Å². The lowest BCUT2D eigenvalue weighted by molar-refractivity contribution is -0.119. The fraction of sp³-hybridized carbons (Fsp3) is 0.471. The molecule has 268 valence electrons. The summed E-state index contributed by atoms with van der Waals surface area (Å²) >= 11 is 5.81. The minimum atomic E-state index is -1.65. The van der Waals surface area contributed by atoms with Crippen molar-refractivity contribution in [3.8, 4) is 0 Å². The molecule has 2 aromatic carbocycles. The van der Waals surface area contributed by atoms with Gasteiger partial charge >= 0.3 is 0 Å². The quantitative estimate of drug-likeness (QED) is 0.0448. The monoisotopic (exact) mass is 700 g/mol. The Bertz CT molecular complexity index is 1450. The number of aliphatic hydroxyl groups is 5. The first kappa shape index (κ1) is 39.5. The number of guanidine groups is 1. The van der Waals surface area contributed by atoms with Gasteiger partial charge in [-0.25, -0.2) is 9.97 Å². The summed E-state index contributed by atoms with van der Waals surface area (Å²) in [5.41, 5.74) is 14.6. The van der Waals surface area contributed by atoms with E-state index in [1.165, 1.54) is 16.7 Å². The van der Waals surface area contributed by atoms with Crippen molar-refractivity contribution >= 4 is 35.1 Å². The summed E-state index contributed by atoms with van der Waals surface area (Å²) < 4.78 is 0. The fourth-order valence-electron chi connectivity index (χ4n) is 5.25. The molecule has 3 rings (SSSR count). The minimum Gasteiger partial charge on any atom is -0.394 e. The molecule has 4 unspecified atom stereocenters. The molecule has 0 aliphatic heterocycles. The van der Waals surface area contributed by atoms with E-state index in [9.17, 15) is 25.2 Å². The van der Waals surface area contributed by atoms with Crippen molar-refractivity contribution in [2.75, 3.05) is 44.3 Å². The summed E-state index contributed by atoms with van der Waals surface area (Å²) in [5.74, 6) is -1.17. The number of nitrogens with zero attached hydrogens (tertiary/aromatic N) is 3. The Kier molecular flexibility index (Phi) is 16.6. The molecule has 0 spiro atoms. The zero-order valence-electron chi connectivity index (χ0n) is 27.5. The number of carbonyl (C=O) groups is 1. The smallest absolute Gasteiger partial charge is 0.280 e. The van der Waals surface area contributed by atoms with Gasteiger partial charge in [-0.05, 0) is 74.7 Å². The Morgan fingerprint density at radius 2 is 1.35 bits per heavy atom. The Morgan fingerprint density at radius 1 is 0.796 bits per heavy atom. The van der Waals surface area contributed by atoms with Crippen LogP contribution in [-0.2, 0) is 19.3 Å². The third-order valence-corrected chi connectivity index (χ3v) is 8.35. The standard InChI is InChI=1S/C34H49ClN8O6/c35-30-32(37)41-31(36)27(40-30)33(49)42-34(38)39-17-5-4-10-23-13-15-24(16-14-23)12-7-19-43(18-6-11-22-8-2-1-3-9-22)20-25(45)28(47)29(48)26(46)21-44/h1-3,8-9,13-16,25-26,28-29,44-48H,4-7,10-12,17-21H2,(H4,36,37,41)(H3,38,39,42,49). The van der Waals surface area contributed by atoms with Crippen molar-refractivity contribution in [2.45, 2.75) is 69.4 Å². The van der Waals surface area contributed by atoms with Gasteiger partial charge in [0.1, 0.15) is 18.3 Å². The predicted octanol–water partition coefficient (Wildman–Crippen LogP) is 0.875. The van der Waals surface area contributed by atoms with Crippen LogP contribution in [0.1, 0.15) is 52.9 Å². The van der Waals surface area contributed by atoms with E-state index in [2.05, 4.69) is 61.9 Å². The van der Waals surface area contributed by atoms with E-state index >= 15 is 0 Å². The molecule has 14 nitrogen and oxygen atoms in total. The molecule has 1 aromatic heterocycles. The van der Waals surface area contributed by atoms with Crippen LogP contribution in [0.3, 0.4) is 0 Å². The number of benzene rings is 2. The average molecular weight is 701 g/mol. The maximum Gasteiger partial charge on any atom is 0.280 e.